The first-order valence-corrected chi connectivity index (χ1v) is 9.71. The lowest BCUT2D eigenvalue weighted by atomic mass is 10.3. The SMILES string of the molecule is CC(C)OP(=O)(OC(C)C)[C@@H](CCCCCl)OC(=O)CCl. The average molecular weight is 363 g/mol. The smallest absolute Gasteiger partial charge is 0.371 e. The molecule has 0 saturated carbocycles. The summed E-state index contributed by atoms with van der Waals surface area (Å²) in [4.78, 5) is 11.5. The fourth-order valence-corrected chi connectivity index (χ4v) is 4.12. The van der Waals surface area contributed by atoms with Crippen LogP contribution < -0.4 is 0 Å². The van der Waals surface area contributed by atoms with E-state index in [9.17, 15) is 9.36 Å². The topological polar surface area (TPSA) is 61.8 Å². The molecular weight excluding hydrogens is 338 g/mol. The molecule has 8 heteroatoms. The molecule has 0 heterocycles. The monoisotopic (exact) mass is 362 g/mol. The van der Waals surface area contributed by atoms with Gasteiger partial charge in [0.25, 0.3) is 0 Å². The van der Waals surface area contributed by atoms with E-state index >= 15 is 0 Å². The summed E-state index contributed by atoms with van der Waals surface area (Å²) in [6.45, 7) is 6.98. The summed E-state index contributed by atoms with van der Waals surface area (Å²) in [6.07, 6.45) is 1.09. The van der Waals surface area contributed by atoms with E-state index in [2.05, 4.69) is 0 Å². The van der Waals surface area contributed by atoms with Gasteiger partial charge in [0.1, 0.15) is 5.88 Å². The molecule has 0 aromatic rings. The number of esters is 1. The van der Waals surface area contributed by atoms with E-state index in [0.717, 1.165) is 6.42 Å². The zero-order chi connectivity index (χ0) is 16.5. The molecule has 0 amide bonds. The summed E-state index contributed by atoms with van der Waals surface area (Å²) >= 11 is 11.1. The Morgan fingerprint density at radius 3 is 1.95 bits per heavy atom. The minimum absolute atomic E-state index is 0.310. The maximum Gasteiger partial charge on any atom is 0.371 e. The van der Waals surface area contributed by atoms with Crippen molar-refractivity contribution in [2.45, 2.75) is 65.0 Å². The fraction of sp³-hybridized carbons (Fsp3) is 0.923. The fourth-order valence-electron chi connectivity index (χ4n) is 1.63. The van der Waals surface area contributed by atoms with Crippen LogP contribution in [0, 0.1) is 0 Å². The molecule has 5 nitrogen and oxygen atoms in total. The van der Waals surface area contributed by atoms with Gasteiger partial charge in [0.2, 0.25) is 5.85 Å². The van der Waals surface area contributed by atoms with Crippen molar-refractivity contribution in [2.75, 3.05) is 11.8 Å². The molecular formula is C13H25Cl2O5P. The van der Waals surface area contributed by atoms with Crippen molar-refractivity contribution in [1.82, 2.24) is 0 Å². The van der Waals surface area contributed by atoms with Crippen LogP contribution in [0.3, 0.4) is 0 Å². The van der Waals surface area contributed by atoms with Crippen LogP contribution in [0.1, 0.15) is 47.0 Å². The Balaban J connectivity index is 5.12. The van der Waals surface area contributed by atoms with E-state index in [4.69, 9.17) is 37.0 Å². The first-order valence-electron chi connectivity index (χ1n) is 7.03. The predicted molar refractivity (Wildman–Crippen MR) is 85.2 cm³/mol. The molecule has 0 aromatic carbocycles. The summed E-state index contributed by atoms with van der Waals surface area (Å²) in [7, 11) is -3.59. The average Bonchev–Trinajstić information content (AvgIpc) is 2.35. The summed E-state index contributed by atoms with van der Waals surface area (Å²) in [5, 5.41) is 0. The maximum atomic E-state index is 13.0. The van der Waals surface area contributed by atoms with Crippen molar-refractivity contribution in [3.8, 4) is 0 Å². The van der Waals surface area contributed by atoms with Crippen molar-refractivity contribution in [3.05, 3.63) is 0 Å². The first kappa shape index (κ1) is 21.2. The second-order valence-electron chi connectivity index (χ2n) is 5.11. The van der Waals surface area contributed by atoms with Crippen molar-refractivity contribution >= 4 is 36.8 Å². The number of hydrogen-bond donors (Lipinski definition) is 0. The Bertz CT molecular complexity index is 335. The van der Waals surface area contributed by atoms with E-state index < -0.39 is 19.4 Å². The van der Waals surface area contributed by atoms with Gasteiger partial charge in [-0.05, 0) is 47.0 Å². The Hall–Kier alpha value is 0.200. The van der Waals surface area contributed by atoms with Crippen LogP contribution in [-0.2, 0) is 23.1 Å². The highest BCUT2D eigenvalue weighted by atomic mass is 35.5. The van der Waals surface area contributed by atoms with E-state index in [1.165, 1.54) is 0 Å². The quantitative estimate of drug-likeness (QED) is 0.233. The lowest BCUT2D eigenvalue weighted by Crippen LogP contribution is -2.24. The molecule has 0 unspecified atom stereocenters. The van der Waals surface area contributed by atoms with Crippen molar-refractivity contribution < 1.29 is 23.1 Å². The molecule has 0 N–H and O–H groups in total. The molecule has 0 saturated heterocycles. The van der Waals surface area contributed by atoms with Gasteiger partial charge in [-0.2, -0.15) is 0 Å². The molecule has 0 bridgehead atoms. The summed E-state index contributed by atoms with van der Waals surface area (Å²) in [5.41, 5.74) is 0. The Kier molecular flexibility index (Phi) is 11.0. The second kappa shape index (κ2) is 10.8. The molecule has 0 aliphatic heterocycles. The van der Waals surface area contributed by atoms with Gasteiger partial charge in [-0.15, -0.1) is 23.2 Å². The van der Waals surface area contributed by atoms with Crippen LogP contribution >= 0.6 is 30.8 Å². The third kappa shape index (κ3) is 9.04. The van der Waals surface area contributed by atoms with E-state index in [1.54, 1.807) is 27.7 Å². The molecule has 126 valence electrons. The molecule has 0 aliphatic rings. The van der Waals surface area contributed by atoms with Crippen LogP contribution in [0.4, 0.5) is 0 Å². The number of rotatable bonds is 11. The maximum absolute atomic E-state index is 13.0. The highest BCUT2D eigenvalue weighted by Gasteiger charge is 2.40. The van der Waals surface area contributed by atoms with E-state index in [0.29, 0.717) is 18.7 Å². The van der Waals surface area contributed by atoms with Gasteiger partial charge in [0.05, 0.1) is 12.2 Å². The molecule has 21 heavy (non-hydrogen) atoms. The number of carbonyl (C=O) groups is 1. The van der Waals surface area contributed by atoms with Gasteiger partial charge in [-0.1, -0.05) is 0 Å². The van der Waals surface area contributed by atoms with Crippen molar-refractivity contribution in [3.63, 3.8) is 0 Å². The van der Waals surface area contributed by atoms with Gasteiger partial charge < -0.3 is 13.8 Å². The lowest BCUT2D eigenvalue weighted by Gasteiger charge is -2.29. The van der Waals surface area contributed by atoms with Crippen molar-refractivity contribution in [2.24, 2.45) is 0 Å². The van der Waals surface area contributed by atoms with Crippen LogP contribution in [-0.4, -0.2) is 35.8 Å². The van der Waals surface area contributed by atoms with Gasteiger partial charge in [-0.25, -0.2) is 0 Å². The van der Waals surface area contributed by atoms with Gasteiger partial charge >= 0.3 is 13.6 Å². The summed E-state index contributed by atoms with van der Waals surface area (Å²) < 4.78 is 29.1. The molecule has 0 rings (SSSR count). The predicted octanol–water partition coefficient (Wildman–Crippen LogP) is 4.55. The zero-order valence-electron chi connectivity index (χ0n) is 13.0. The first-order chi connectivity index (χ1) is 9.75. The highest BCUT2D eigenvalue weighted by molar-refractivity contribution is 7.54. The number of unbranched alkanes of at least 4 members (excludes halogenated alkanes) is 1. The van der Waals surface area contributed by atoms with Crippen LogP contribution in [0.2, 0.25) is 0 Å². The molecule has 0 aromatic heterocycles. The number of ether oxygens (including phenoxy) is 1. The minimum atomic E-state index is -3.59. The highest BCUT2D eigenvalue weighted by Crippen LogP contribution is 2.57. The lowest BCUT2D eigenvalue weighted by molar-refractivity contribution is -0.143. The zero-order valence-corrected chi connectivity index (χ0v) is 15.4. The molecule has 0 fully saturated rings. The third-order valence-corrected chi connectivity index (χ3v) is 5.26. The van der Waals surface area contributed by atoms with E-state index in [1.807, 2.05) is 0 Å². The third-order valence-electron chi connectivity index (χ3n) is 2.28. The number of carbonyl (C=O) groups excluding carboxylic acids is 1. The Morgan fingerprint density at radius 1 is 1.05 bits per heavy atom. The van der Waals surface area contributed by atoms with E-state index in [-0.39, 0.29) is 18.1 Å². The van der Waals surface area contributed by atoms with Gasteiger partial charge in [-0.3, -0.25) is 9.36 Å². The van der Waals surface area contributed by atoms with Gasteiger partial charge in [0, 0.05) is 5.88 Å². The number of halogens is 2. The molecule has 0 spiro atoms. The summed E-state index contributed by atoms with van der Waals surface area (Å²) in [5.74, 6) is -1.43. The molecule has 1 atom stereocenters. The summed E-state index contributed by atoms with van der Waals surface area (Å²) in [6, 6.07) is 0. The number of hydrogen-bond acceptors (Lipinski definition) is 5. The Labute approximate surface area is 137 Å². The standard InChI is InChI=1S/C13H25Cl2O5P/c1-10(2)19-21(17,20-11(3)4)13(7-5-6-8-14)18-12(16)9-15/h10-11,13H,5-9H2,1-4H3/t13-/m0/s1. The second-order valence-corrected chi connectivity index (χ2v) is 7.83. The largest absolute Gasteiger partial charge is 0.448 e. The van der Waals surface area contributed by atoms with Crippen molar-refractivity contribution in [1.29, 1.82) is 0 Å². The van der Waals surface area contributed by atoms with Crippen LogP contribution in [0.5, 0.6) is 0 Å². The molecule has 0 aliphatic carbocycles. The van der Waals surface area contributed by atoms with Gasteiger partial charge in [0.15, 0.2) is 0 Å². The van der Waals surface area contributed by atoms with Crippen LogP contribution in [0.15, 0.2) is 0 Å². The number of alkyl halides is 2. The van der Waals surface area contributed by atoms with Crippen LogP contribution in [0.25, 0.3) is 0 Å². The Morgan fingerprint density at radius 2 is 1.57 bits per heavy atom. The normalized spacial score (nSPS) is 13.7. The minimum Gasteiger partial charge on any atom is -0.448 e. The molecule has 0 radical (unpaired) electrons.